The quantitative estimate of drug-likeness (QED) is 0.574. The SMILES string of the molecule is COC1CC2(CCOCC2)C1. The third-order valence-electron chi connectivity index (χ3n) is 3.21. The number of ether oxygens (including phenoxy) is 2. The summed E-state index contributed by atoms with van der Waals surface area (Å²) in [5.41, 5.74) is 0.624. The van der Waals surface area contributed by atoms with Gasteiger partial charge in [0.05, 0.1) is 6.10 Å². The van der Waals surface area contributed by atoms with Crippen LogP contribution < -0.4 is 0 Å². The molecule has 0 unspecified atom stereocenters. The fourth-order valence-electron chi connectivity index (χ4n) is 2.29. The van der Waals surface area contributed by atoms with Crippen molar-refractivity contribution in [2.24, 2.45) is 5.41 Å². The highest BCUT2D eigenvalue weighted by molar-refractivity contribution is 4.95. The van der Waals surface area contributed by atoms with E-state index in [1.165, 1.54) is 25.7 Å². The van der Waals surface area contributed by atoms with E-state index in [2.05, 4.69) is 0 Å². The van der Waals surface area contributed by atoms with Gasteiger partial charge in [0.2, 0.25) is 0 Å². The van der Waals surface area contributed by atoms with Gasteiger partial charge in [-0.25, -0.2) is 0 Å². The second kappa shape index (κ2) is 2.76. The Hall–Kier alpha value is -0.0800. The molecule has 1 spiro atoms. The predicted octanol–water partition coefficient (Wildman–Crippen LogP) is 1.59. The van der Waals surface area contributed by atoms with Crippen molar-refractivity contribution in [1.29, 1.82) is 0 Å². The summed E-state index contributed by atoms with van der Waals surface area (Å²) < 4.78 is 10.6. The van der Waals surface area contributed by atoms with Crippen LogP contribution >= 0.6 is 0 Å². The minimum atomic E-state index is 0.549. The van der Waals surface area contributed by atoms with Crippen LogP contribution in [0.1, 0.15) is 25.7 Å². The summed E-state index contributed by atoms with van der Waals surface area (Å²) in [5, 5.41) is 0. The first-order valence-corrected chi connectivity index (χ1v) is 4.45. The summed E-state index contributed by atoms with van der Waals surface area (Å²) in [4.78, 5) is 0. The van der Waals surface area contributed by atoms with E-state index < -0.39 is 0 Å². The molecular weight excluding hydrogens is 140 g/mol. The van der Waals surface area contributed by atoms with Gasteiger partial charge in [-0.15, -0.1) is 0 Å². The Kier molecular flexibility index (Phi) is 1.90. The second-order valence-corrected chi connectivity index (χ2v) is 3.88. The van der Waals surface area contributed by atoms with Gasteiger partial charge in [-0.2, -0.15) is 0 Å². The van der Waals surface area contributed by atoms with Crippen LogP contribution in [0, 0.1) is 5.41 Å². The van der Waals surface area contributed by atoms with Crippen molar-refractivity contribution in [1.82, 2.24) is 0 Å². The zero-order valence-electron chi connectivity index (χ0n) is 7.14. The van der Waals surface area contributed by atoms with Crippen molar-refractivity contribution < 1.29 is 9.47 Å². The summed E-state index contributed by atoms with van der Waals surface area (Å²) in [6.07, 6.45) is 5.60. The average Bonchev–Trinajstić information content (AvgIpc) is 2.01. The monoisotopic (exact) mass is 156 g/mol. The molecule has 0 bridgehead atoms. The molecule has 1 saturated carbocycles. The lowest BCUT2D eigenvalue weighted by atomic mass is 9.62. The Labute approximate surface area is 67.9 Å². The van der Waals surface area contributed by atoms with Crippen molar-refractivity contribution in [3.05, 3.63) is 0 Å². The molecule has 11 heavy (non-hydrogen) atoms. The molecule has 1 aliphatic carbocycles. The lowest BCUT2D eigenvalue weighted by Crippen LogP contribution is -2.45. The average molecular weight is 156 g/mol. The van der Waals surface area contributed by atoms with E-state index in [4.69, 9.17) is 9.47 Å². The molecule has 0 amide bonds. The zero-order valence-corrected chi connectivity index (χ0v) is 7.14. The van der Waals surface area contributed by atoms with Crippen molar-refractivity contribution in [3.63, 3.8) is 0 Å². The van der Waals surface area contributed by atoms with E-state index in [1.54, 1.807) is 0 Å². The molecular formula is C9H16O2. The van der Waals surface area contributed by atoms with Gasteiger partial charge in [-0.1, -0.05) is 0 Å². The highest BCUT2D eigenvalue weighted by atomic mass is 16.5. The minimum absolute atomic E-state index is 0.549. The summed E-state index contributed by atoms with van der Waals surface area (Å²) >= 11 is 0. The van der Waals surface area contributed by atoms with E-state index in [0.717, 1.165) is 13.2 Å². The van der Waals surface area contributed by atoms with E-state index in [9.17, 15) is 0 Å². The normalized spacial score (nSPS) is 30.3. The first kappa shape index (κ1) is 7.56. The molecule has 2 aliphatic rings. The van der Waals surface area contributed by atoms with E-state index >= 15 is 0 Å². The maximum absolute atomic E-state index is 5.33. The van der Waals surface area contributed by atoms with E-state index in [-0.39, 0.29) is 0 Å². The van der Waals surface area contributed by atoms with Crippen LogP contribution in [0.2, 0.25) is 0 Å². The molecule has 0 aromatic heterocycles. The Morgan fingerprint density at radius 1 is 1.27 bits per heavy atom. The summed E-state index contributed by atoms with van der Waals surface area (Å²) in [6, 6.07) is 0. The second-order valence-electron chi connectivity index (χ2n) is 3.88. The van der Waals surface area contributed by atoms with Crippen LogP contribution in [-0.4, -0.2) is 26.4 Å². The van der Waals surface area contributed by atoms with Crippen LogP contribution in [0.25, 0.3) is 0 Å². The first-order chi connectivity index (χ1) is 5.35. The number of methoxy groups -OCH3 is 1. The predicted molar refractivity (Wildman–Crippen MR) is 42.5 cm³/mol. The fourth-order valence-corrected chi connectivity index (χ4v) is 2.29. The number of hydrogen-bond donors (Lipinski definition) is 0. The third kappa shape index (κ3) is 1.30. The molecule has 0 atom stereocenters. The maximum atomic E-state index is 5.33. The lowest BCUT2D eigenvalue weighted by Gasteiger charge is -2.49. The van der Waals surface area contributed by atoms with Crippen LogP contribution in [0.3, 0.4) is 0 Å². The number of hydrogen-bond acceptors (Lipinski definition) is 2. The van der Waals surface area contributed by atoms with Gasteiger partial charge in [0, 0.05) is 20.3 Å². The molecule has 2 heteroatoms. The minimum Gasteiger partial charge on any atom is -0.381 e. The molecule has 2 nitrogen and oxygen atoms in total. The zero-order chi connectivity index (χ0) is 7.73. The molecule has 64 valence electrons. The largest absolute Gasteiger partial charge is 0.381 e. The van der Waals surface area contributed by atoms with Crippen molar-refractivity contribution >= 4 is 0 Å². The lowest BCUT2D eigenvalue weighted by molar-refractivity contribution is -0.110. The van der Waals surface area contributed by atoms with Crippen LogP contribution in [0.4, 0.5) is 0 Å². The molecule has 1 saturated heterocycles. The van der Waals surface area contributed by atoms with Gasteiger partial charge in [-0.05, 0) is 31.1 Å². The molecule has 0 N–H and O–H groups in total. The Bertz CT molecular complexity index is 130. The summed E-state index contributed by atoms with van der Waals surface area (Å²) in [7, 11) is 1.82. The Morgan fingerprint density at radius 3 is 2.45 bits per heavy atom. The Morgan fingerprint density at radius 2 is 1.91 bits per heavy atom. The van der Waals surface area contributed by atoms with Gasteiger partial charge < -0.3 is 9.47 Å². The number of rotatable bonds is 1. The van der Waals surface area contributed by atoms with Gasteiger partial charge >= 0.3 is 0 Å². The molecule has 0 aromatic carbocycles. The first-order valence-electron chi connectivity index (χ1n) is 4.45. The topological polar surface area (TPSA) is 18.5 Å². The maximum Gasteiger partial charge on any atom is 0.0582 e. The molecule has 2 rings (SSSR count). The van der Waals surface area contributed by atoms with Gasteiger partial charge in [-0.3, -0.25) is 0 Å². The third-order valence-corrected chi connectivity index (χ3v) is 3.21. The van der Waals surface area contributed by atoms with Crippen LogP contribution in [0.15, 0.2) is 0 Å². The molecule has 1 heterocycles. The van der Waals surface area contributed by atoms with Crippen molar-refractivity contribution in [2.45, 2.75) is 31.8 Å². The van der Waals surface area contributed by atoms with Gasteiger partial charge in [0.25, 0.3) is 0 Å². The molecule has 0 aromatic rings. The highest BCUT2D eigenvalue weighted by Gasteiger charge is 2.44. The van der Waals surface area contributed by atoms with Gasteiger partial charge in [0.15, 0.2) is 0 Å². The smallest absolute Gasteiger partial charge is 0.0582 e. The summed E-state index contributed by atoms with van der Waals surface area (Å²) in [5.74, 6) is 0. The molecule has 2 fully saturated rings. The van der Waals surface area contributed by atoms with Gasteiger partial charge in [0.1, 0.15) is 0 Å². The summed E-state index contributed by atoms with van der Waals surface area (Å²) in [6.45, 7) is 1.94. The highest BCUT2D eigenvalue weighted by Crippen LogP contribution is 2.49. The van der Waals surface area contributed by atoms with Crippen LogP contribution in [-0.2, 0) is 9.47 Å². The van der Waals surface area contributed by atoms with E-state index in [0.29, 0.717) is 11.5 Å². The van der Waals surface area contributed by atoms with Crippen LogP contribution in [0.5, 0.6) is 0 Å². The Balaban J connectivity index is 1.84. The fraction of sp³-hybridized carbons (Fsp3) is 1.00. The van der Waals surface area contributed by atoms with Crippen molar-refractivity contribution in [3.8, 4) is 0 Å². The molecule has 1 aliphatic heterocycles. The van der Waals surface area contributed by atoms with Crippen molar-refractivity contribution in [2.75, 3.05) is 20.3 Å². The van der Waals surface area contributed by atoms with E-state index in [1.807, 2.05) is 7.11 Å². The molecule has 0 radical (unpaired) electrons. The standard InChI is InChI=1S/C9H16O2/c1-10-8-6-9(7-8)2-4-11-5-3-9/h8H,2-7H2,1H3.